The number of sulfonamides is 1. The van der Waals surface area contributed by atoms with E-state index in [-0.39, 0.29) is 11.7 Å². The molecule has 0 saturated carbocycles. The molecule has 0 amide bonds. The van der Waals surface area contributed by atoms with Gasteiger partial charge in [-0.25, -0.2) is 12.7 Å². The first kappa shape index (κ1) is 16.0. The van der Waals surface area contributed by atoms with Gasteiger partial charge in [0.05, 0.1) is 5.75 Å². The molecule has 0 aliphatic heterocycles. The molecule has 0 aliphatic rings. The summed E-state index contributed by atoms with van der Waals surface area (Å²) in [6, 6.07) is 14.3. The molecule has 1 atom stereocenters. The maximum absolute atomic E-state index is 12.4. The fourth-order valence-electron chi connectivity index (χ4n) is 2.65. The average Bonchev–Trinajstić information content (AvgIpc) is 2.47. The van der Waals surface area contributed by atoms with Crippen molar-refractivity contribution >= 4 is 20.8 Å². The summed E-state index contributed by atoms with van der Waals surface area (Å²) < 4.78 is 26.3. The highest BCUT2D eigenvalue weighted by Gasteiger charge is 2.22. The number of benzene rings is 2. The van der Waals surface area contributed by atoms with Gasteiger partial charge in [0.1, 0.15) is 0 Å². The summed E-state index contributed by atoms with van der Waals surface area (Å²) in [4.78, 5) is 0. The predicted molar refractivity (Wildman–Crippen MR) is 89.1 cm³/mol. The summed E-state index contributed by atoms with van der Waals surface area (Å²) in [5.41, 5.74) is 1.07. The zero-order valence-electron chi connectivity index (χ0n) is 12.9. The predicted octanol–water partition coefficient (Wildman–Crippen LogP) is 3.61. The lowest BCUT2D eigenvalue weighted by Gasteiger charge is -2.21. The fourth-order valence-corrected chi connectivity index (χ4v) is 4.47. The minimum Gasteiger partial charge on any atom is -0.212 e. The van der Waals surface area contributed by atoms with Crippen LogP contribution in [0.25, 0.3) is 10.8 Å². The molecule has 114 valence electrons. The molecule has 21 heavy (non-hydrogen) atoms. The van der Waals surface area contributed by atoms with Gasteiger partial charge >= 0.3 is 0 Å². The second kappa shape index (κ2) is 6.58. The molecule has 2 rings (SSSR count). The van der Waals surface area contributed by atoms with Gasteiger partial charge in [-0.2, -0.15) is 0 Å². The molecule has 0 heterocycles. The van der Waals surface area contributed by atoms with Gasteiger partial charge in [-0.3, -0.25) is 0 Å². The lowest BCUT2D eigenvalue weighted by atomic mass is 9.99. The van der Waals surface area contributed by atoms with Crippen molar-refractivity contribution in [2.45, 2.75) is 26.7 Å². The highest BCUT2D eigenvalue weighted by atomic mass is 32.2. The van der Waals surface area contributed by atoms with Crippen molar-refractivity contribution < 1.29 is 8.42 Å². The fraction of sp³-hybridized carbons (Fsp3) is 0.412. The molecule has 0 aliphatic carbocycles. The van der Waals surface area contributed by atoms with Crippen molar-refractivity contribution in [3.63, 3.8) is 0 Å². The van der Waals surface area contributed by atoms with E-state index >= 15 is 0 Å². The van der Waals surface area contributed by atoms with Crippen molar-refractivity contribution in [3.05, 3.63) is 48.0 Å². The van der Waals surface area contributed by atoms with E-state index in [2.05, 4.69) is 24.3 Å². The Morgan fingerprint density at radius 2 is 1.62 bits per heavy atom. The van der Waals surface area contributed by atoms with Gasteiger partial charge in [0.2, 0.25) is 10.0 Å². The van der Waals surface area contributed by atoms with Gasteiger partial charge in [0, 0.05) is 13.1 Å². The van der Waals surface area contributed by atoms with Crippen LogP contribution in [0.4, 0.5) is 0 Å². The largest absolute Gasteiger partial charge is 0.214 e. The monoisotopic (exact) mass is 305 g/mol. The van der Waals surface area contributed by atoms with Crippen LogP contribution in [0, 0.1) is 0 Å². The zero-order valence-corrected chi connectivity index (χ0v) is 13.7. The second-order valence-corrected chi connectivity index (χ2v) is 7.38. The minimum atomic E-state index is -3.19. The number of rotatable bonds is 6. The lowest BCUT2D eigenvalue weighted by Crippen LogP contribution is -2.34. The van der Waals surface area contributed by atoms with Crippen LogP contribution >= 0.6 is 0 Å². The first-order valence-electron chi connectivity index (χ1n) is 7.44. The quantitative estimate of drug-likeness (QED) is 0.817. The van der Waals surface area contributed by atoms with E-state index in [4.69, 9.17) is 0 Å². The van der Waals surface area contributed by atoms with Gasteiger partial charge in [0.25, 0.3) is 0 Å². The van der Waals surface area contributed by atoms with Gasteiger partial charge < -0.3 is 0 Å². The van der Waals surface area contributed by atoms with E-state index in [0.29, 0.717) is 13.1 Å². The molecule has 0 bridgehead atoms. The molecule has 1 unspecified atom stereocenters. The van der Waals surface area contributed by atoms with Crippen molar-refractivity contribution in [1.29, 1.82) is 0 Å². The van der Waals surface area contributed by atoms with E-state index in [1.54, 1.807) is 0 Å². The summed E-state index contributed by atoms with van der Waals surface area (Å²) in [6.45, 7) is 6.79. The van der Waals surface area contributed by atoms with Crippen LogP contribution in [0.3, 0.4) is 0 Å². The Bertz CT molecular complexity index is 706. The van der Waals surface area contributed by atoms with E-state index in [1.807, 2.05) is 39.0 Å². The highest BCUT2D eigenvalue weighted by molar-refractivity contribution is 7.89. The van der Waals surface area contributed by atoms with E-state index in [9.17, 15) is 8.42 Å². The number of hydrogen-bond acceptors (Lipinski definition) is 2. The van der Waals surface area contributed by atoms with Gasteiger partial charge in [0.15, 0.2) is 0 Å². The Labute approximate surface area is 127 Å². The van der Waals surface area contributed by atoms with Crippen LogP contribution < -0.4 is 0 Å². The minimum absolute atomic E-state index is 0.0137. The maximum atomic E-state index is 12.4. The van der Waals surface area contributed by atoms with Crippen LogP contribution in [-0.4, -0.2) is 31.6 Å². The molecule has 0 radical (unpaired) electrons. The first-order chi connectivity index (χ1) is 9.97. The third kappa shape index (κ3) is 3.63. The summed E-state index contributed by atoms with van der Waals surface area (Å²) in [6.07, 6.45) is 0. The van der Waals surface area contributed by atoms with E-state index in [1.165, 1.54) is 9.69 Å². The van der Waals surface area contributed by atoms with Gasteiger partial charge in [-0.05, 0) is 22.3 Å². The zero-order chi connectivity index (χ0) is 15.5. The molecule has 0 fully saturated rings. The molecule has 0 N–H and O–H groups in total. The topological polar surface area (TPSA) is 37.4 Å². The summed E-state index contributed by atoms with van der Waals surface area (Å²) in [5.74, 6) is 0.146. The number of nitrogens with zero attached hydrogens (tertiary/aromatic N) is 1. The van der Waals surface area contributed by atoms with Crippen LogP contribution in [-0.2, 0) is 10.0 Å². The van der Waals surface area contributed by atoms with Gasteiger partial charge in [-0.15, -0.1) is 0 Å². The maximum Gasteiger partial charge on any atom is 0.214 e. The number of fused-ring (bicyclic) bond motifs is 1. The molecule has 4 heteroatoms. The molecule has 0 saturated heterocycles. The summed E-state index contributed by atoms with van der Waals surface area (Å²) in [5, 5.41) is 2.34. The molecular weight excluding hydrogens is 282 g/mol. The van der Waals surface area contributed by atoms with Crippen LogP contribution in [0.2, 0.25) is 0 Å². The summed E-state index contributed by atoms with van der Waals surface area (Å²) in [7, 11) is -3.19. The van der Waals surface area contributed by atoms with Crippen LogP contribution in [0.15, 0.2) is 42.5 Å². The Kier molecular flexibility index (Phi) is 5.01. The third-order valence-corrected chi connectivity index (χ3v) is 6.13. The first-order valence-corrected chi connectivity index (χ1v) is 9.05. The Hall–Kier alpha value is -1.39. The smallest absolute Gasteiger partial charge is 0.212 e. The standard InChI is InChI=1S/C17H23NO2S/c1-4-18(5-2)21(19,20)13-14(3)16-11-10-15-8-6-7-9-17(15)12-16/h6-12,14H,4-5,13H2,1-3H3. The van der Waals surface area contributed by atoms with Gasteiger partial charge in [-0.1, -0.05) is 63.2 Å². The second-order valence-electron chi connectivity index (χ2n) is 5.37. The average molecular weight is 305 g/mol. The molecular formula is C17H23NO2S. The molecule has 3 nitrogen and oxygen atoms in total. The molecule has 0 aromatic heterocycles. The Morgan fingerprint density at radius 3 is 2.24 bits per heavy atom. The molecule has 2 aromatic rings. The molecule has 2 aromatic carbocycles. The molecule has 0 spiro atoms. The van der Waals surface area contributed by atoms with Crippen molar-refractivity contribution in [2.24, 2.45) is 0 Å². The summed E-state index contributed by atoms with van der Waals surface area (Å²) >= 11 is 0. The van der Waals surface area contributed by atoms with Crippen molar-refractivity contribution in [2.75, 3.05) is 18.8 Å². The highest BCUT2D eigenvalue weighted by Crippen LogP contribution is 2.23. The Morgan fingerprint density at radius 1 is 1.00 bits per heavy atom. The van der Waals surface area contributed by atoms with E-state index < -0.39 is 10.0 Å². The normalized spacial score (nSPS) is 13.7. The van der Waals surface area contributed by atoms with Crippen LogP contribution in [0.5, 0.6) is 0 Å². The van der Waals surface area contributed by atoms with Crippen LogP contribution in [0.1, 0.15) is 32.3 Å². The SMILES string of the molecule is CCN(CC)S(=O)(=O)CC(C)c1ccc2ccccc2c1. The van der Waals surface area contributed by atoms with E-state index in [0.717, 1.165) is 10.9 Å². The Balaban J connectivity index is 2.24. The third-order valence-electron chi connectivity index (χ3n) is 3.90. The van der Waals surface area contributed by atoms with Crippen molar-refractivity contribution in [1.82, 2.24) is 4.31 Å². The van der Waals surface area contributed by atoms with Crippen molar-refractivity contribution in [3.8, 4) is 0 Å². The number of hydrogen-bond donors (Lipinski definition) is 0. The lowest BCUT2D eigenvalue weighted by molar-refractivity contribution is 0.442.